The van der Waals surface area contributed by atoms with Crippen LogP contribution in [0, 0.1) is 5.41 Å². The second-order valence-corrected chi connectivity index (χ2v) is 3.03. The predicted molar refractivity (Wildman–Crippen MR) is 49.5 cm³/mol. The molecule has 3 heteroatoms. The van der Waals surface area contributed by atoms with E-state index >= 15 is 0 Å². The molecular weight excluding hydrogens is 192 g/mol. The first-order valence-corrected chi connectivity index (χ1v) is 2.67. The zero-order valence-electron chi connectivity index (χ0n) is 8.48. The van der Waals surface area contributed by atoms with Gasteiger partial charge >= 0.3 is 23.1 Å². The first kappa shape index (κ1) is 16.7. The van der Waals surface area contributed by atoms with Crippen LogP contribution in [0.25, 0.3) is 0 Å². The molecule has 56 valence electrons. The van der Waals surface area contributed by atoms with Gasteiger partial charge in [-0.3, -0.25) is 0 Å². The molecule has 0 rings (SSSR count). The molecule has 0 saturated carbocycles. The SMILES string of the molecule is Br.CC(C)(C)CCO.[H-].[H-].[Mg+2]. The van der Waals surface area contributed by atoms with Crippen LogP contribution in [0.3, 0.4) is 0 Å². The number of halogens is 1. The predicted octanol–water partition coefficient (Wildman–Crippen LogP) is 1.84. The van der Waals surface area contributed by atoms with E-state index in [4.69, 9.17) is 5.11 Å². The summed E-state index contributed by atoms with van der Waals surface area (Å²) < 4.78 is 0. The van der Waals surface area contributed by atoms with Gasteiger partial charge in [0.25, 0.3) is 0 Å². The number of aliphatic hydroxyl groups is 1. The van der Waals surface area contributed by atoms with Crippen LogP contribution in [0.15, 0.2) is 0 Å². The van der Waals surface area contributed by atoms with E-state index in [0.29, 0.717) is 12.0 Å². The molecule has 0 unspecified atom stereocenters. The van der Waals surface area contributed by atoms with Crippen molar-refractivity contribution in [2.45, 2.75) is 27.2 Å². The standard InChI is InChI=1S/C6H14O.BrH.Mg.2H/c1-6(2,3)4-5-7;;;;/h7H,4-5H2,1-3H3;1H;;;/q;;+2;2*-1. The summed E-state index contributed by atoms with van der Waals surface area (Å²) in [7, 11) is 0. The fourth-order valence-electron chi connectivity index (χ4n) is 0.335. The van der Waals surface area contributed by atoms with Crippen LogP contribution in [0.5, 0.6) is 0 Å². The van der Waals surface area contributed by atoms with Crippen molar-refractivity contribution >= 4 is 40.0 Å². The Hall–Kier alpha value is 1.21. The quantitative estimate of drug-likeness (QED) is 0.653. The van der Waals surface area contributed by atoms with Crippen LogP contribution in [0.4, 0.5) is 0 Å². The second kappa shape index (κ2) is 7.31. The molecular formula is C6H17BrMgO. The van der Waals surface area contributed by atoms with E-state index in [0.717, 1.165) is 6.42 Å². The molecule has 0 amide bonds. The molecule has 0 atom stereocenters. The number of hydrogen-bond acceptors (Lipinski definition) is 1. The fraction of sp³-hybridized carbons (Fsp3) is 1.00. The third-order valence-corrected chi connectivity index (χ3v) is 0.862. The molecule has 0 aliphatic heterocycles. The summed E-state index contributed by atoms with van der Waals surface area (Å²) in [5.41, 5.74) is 0.300. The topological polar surface area (TPSA) is 20.2 Å². The monoisotopic (exact) mass is 208 g/mol. The zero-order valence-corrected chi connectivity index (χ0v) is 9.60. The van der Waals surface area contributed by atoms with Crippen molar-refractivity contribution in [3.05, 3.63) is 0 Å². The number of aliphatic hydroxyl groups excluding tert-OH is 1. The van der Waals surface area contributed by atoms with Crippen LogP contribution in [0.2, 0.25) is 0 Å². The first-order valence-electron chi connectivity index (χ1n) is 2.67. The molecule has 0 aromatic rings. The van der Waals surface area contributed by atoms with E-state index in [1.807, 2.05) is 0 Å². The smallest absolute Gasteiger partial charge is 1.00 e. The Balaban J connectivity index is -0.0000000300. The van der Waals surface area contributed by atoms with Crippen molar-refractivity contribution in [2.24, 2.45) is 5.41 Å². The summed E-state index contributed by atoms with van der Waals surface area (Å²) >= 11 is 0. The minimum Gasteiger partial charge on any atom is -1.00 e. The van der Waals surface area contributed by atoms with Crippen LogP contribution in [-0.2, 0) is 0 Å². The van der Waals surface area contributed by atoms with Gasteiger partial charge in [0.1, 0.15) is 0 Å². The van der Waals surface area contributed by atoms with Crippen molar-refractivity contribution in [1.29, 1.82) is 0 Å². The van der Waals surface area contributed by atoms with Gasteiger partial charge in [0.05, 0.1) is 0 Å². The molecule has 0 aromatic heterocycles. The van der Waals surface area contributed by atoms with Gasteiger partial charge in [-0.2, -0.15) is 0 Å². The molecule has 0 spiro atoms. The molecule has 0 aliphatic carbocycles. The molecule has 1 nitrogen and oxygen atoms in total. The van der Waals surface area contributed by atoms with Crippen molar-refractivity contribution in [1.82, 2.24) is 0 Å². The van der Waals surface area contributed by atoms with Crippen molar-refractivity contribution < 1.29 is 7.96 Å². The molecule has 0 aromatic carbocycles. The van der Waals surface area contributed by atoms with Gasteiger partial charge in [-0.15, -0.1) is 17.0 Å². The molecule has 0 saturated heterocycles. The molecule has 9 heavy (non-hydrogen) atoms. The summed E-state index contributed by atoms with van der Waals surface area (Å²) in [6.07, 6.45) is 0.896. The normalized spacial score (nSPS) is 9.33. The number of hydrogen-bond donors (Lipinski definition) is 1. The Kier molecular flexibility index (Phi) is 13.5. The van der Waals surface area contributed by atoms with E-state index < -0.39 is 0 Å². The Morgan fingerprint density at radius 3 is 1.67 bits per heavy atom. The summed E-state index contributed by atoms with van der Waals surface area (Å²) in [4.78, 5) is 0. The van der Waals surface area contributed by atoms with Crippen LogP contribution >= 0.6 is 17.0 Å². The Bertz CT molecular complexity index is 59.0. The third kappa shape index (κ3) is 17.6. The molecule has 0 radical (unpaired) electrons. The molecule has 0 heterocycles. The summed E-state index contributed by atoms with van der Waals surface area (Å²) in [5.74, 6) is 0. The maximum atomic E-state index is 8.40. The largest absolute Gasteiger partial charge is 2.00 e. The Labute approximate surface area is 87.1 Å². The molecule has 0 aliphatic rings. The summed E-state index contributed by atoms with van der Waals surface area (Å²) in [6.45, 7) is 6.65. The minimum atomic E-state index is 0. The van der Waals surface area contributed by atoms with Crippen LogP contribution < -0.4 is 0 Å². The van der Waals surface area contributed by atoms with Gasteiger partial charge in [-0.1, -0.05) is 20.8 Å². The maximum absolute atomic E-state index is 8.40. The average Bonchev–Trinajstić information content (AvgIpc) is 1.30. The van der Waals surface area contributed by atoms with E-state index in [1.165, 1.54) is 0 Å². The second-order valence-electron chi connectivity index (χ2n) is 3.03. The minimum absolute atomic E-state index is 0. The average molecular weight is 209 g/mol. The Morgan fingerprint density at radius 1 is 1.33 bits per heavy atom. The van der Waals surface area contributed by atoms with Gasteiger partial charge in [0.2, 0.25) is 0 Å². The molecule has 0 bridgehead atoms. The van der Waals surface area contributed by atoms with Crippen molar-refractivity contribution in [2.75, 3.05) is 6.61 Å². The van der Waals surface area contributed by atoms with Crippen LogP contribution in [0.1, 0.15) is 30.0 Å². The van der Waals surface area contributed by atoms with Crippen molar-refractivity contribution in [3.63, 3.8) is 0 Å². The fourth-order valence-corrected chi connectivity index (χ4v) is 0.335. The van der Waals surface area contributed by atoms with E-state index in [9.17, 15) is 0 Å². The van der Waals surface area contributed by atoms with E-state index in [2.05, 4.69) is 20.8 Å². The van der Waals surface area contributed by atoms with Gasteiger partial charge in [0.15, 0.2) is 0 Å². The molecule has 1 N–H and O–H groups in total. The Morgan fingerprint density at radius 2 is 1.67 bits per heavy atom. The van der Waals surface area contributed by atoms with Gasteiger partial charge in [-0.05, 0) is 11.8 Å². The van der Waals surface area contributed by atoms with Crippen LogP contribution in [-0.4, -0.2) is 34.8 Å². The maximum Gasteiger partial charge on any atom is 2.00 e. The van der Waals surface area contributed by atoms with E-state index in [-0.39, 0.29) is 42.9 Å². The van der Waals surface area contributed by atoms with Gasteiger partial charge < -0.3 is 7.96 Å². The van der Waals surface area contributed by atoms with E-state index in [1.54, 1.807) is 0 Å². The third-order valence-electron chi connectivity index (χ3n) is 0.862. The summed E-state index contributed by atoms with van der Waals surface area (Å²) in [5, 5.41) is 8.40. The zero-order chi connectivity index (χ0) is 5.91. The van der Waals surface area contributed by atoms with Crippen molar-refractivity contribution in [3.8, 4) is 0 Å². The number of rotatable bonds is 1. The van der Waals surface area contributed by atoms with Gasteiger partial charge in [-0.25, -0.2) is 0 Å². The first-order chi connectivity index (χ1) is 3.06. The van der Waals surface area contributed by atoms with Gasteiger partial charge in [0, 0.05) is 6.61 Å². The summed E-state index contributed by atoms with van der Waals surface area (Å²) in [6, 6.07) is 0. The molecule has 0 fully saturated rings.